The van der Waals surface area contributed by atoms with Crippen molar-refractivity contribution in [1.29, 1.82) is 10.5 Å². The van der Waals surface area contributed by atoms with Crippen LogP contribution in [0.4, 0.5) is 0 Å². The van der Waals surface area contributed by atoms with Crippen LogP contribution in [-0.2, 0) is 0 Å². The largest absolute Gasteiger partial charge is 0.312 e. The standard InChI is InChI=1S/C8H7N5.C4H9NSi/c9-3-8(10)6-1-2-7-4-11-12-13(7)5-6;1-6(2,3)4-5/h1-2,4-5,8H,10H2;1-3H3. The van der Waals surface area contributed by atoms with Crippen molar-refractivity contribution < 1.29 is 0 Å². The highest BCUT2D eigenvalue weighted by Crippen LogP contribution is 2.10. The van der Waals surface area contributed by atoms with E-state index in [4.69, 9.17) is 16.3 Å². The number of hydrogen-bond donors (Lipinski definition) is 1. The zero-order chi connectivity index (χ0) is 14.5. The van der Waals surface area contributed by atoms with E-state index in [0.717, 1.165) is 11.1 Å². The fourth-order valence-electron chi connectivity index (χ4n) is 1.10. The van der Waals surface area contributed by atoms with Crippen molar-refractivity contribution in [3.05, 3.63) is 30.1 Å². The molecular formula is C12H16N6Si. The minimum absolute atomic E-state index is 0.603. The van der Waals surface area contributed by atoms with Gasteiger partial charge in [0.2, 0.25) is 0 Å². The minimum Gasteiger partial charge on any atom is -0.312 e. The molecule has 0 saturated heterocycles. The summed E-state index contributed by atoms with van der Waals surface area (Å²) in [5.41, 5.74) is 9.39. The van der Waals surface area contributed by atoms with E-state index >= 15 is 0 Å². The van der Waals surface area contributed by atoms with Gasteiger partial charge in [-0.25, -0.2) is 9.78 Å². The number of fused-ring (bicyclic) bond motifs is 1. The van der Waals surface area contributed by atoms with Crippen LogP contribution in [0.15, 0.2) is 24.5 Å². The third-order valence-electron chi connectivity index (χ3n) is 2.15. The molecule has 0 aliphatic heterocycles. The summed E-state index contributed by atoms with van der Waals surface area (Å²) in [6.07, 6.45) is 3.35. The lowest BCUT2D eigenvalue weighted by atomic mass is 10.1. The maximum absolute atomic E-state index is 8.59. The molecule has 0 bridgehead atoms. The van der Waals surface area contributed by atoms with Crippen LogP contribution in [0.3, 0.4) is 0 Å². The molecule has 0 radical (unpaired) electrons. The van der Waals surface area contributed by atoms with Gasteiger partial charge < -0.3 is 5.73 Å². The van der Waals surface area contributed by atoms with Gasteiger partial charge in [-0.3, -0.25) is 0 Å². The number of hydrogen-bond acceptors (Lipinski definition) is 5. The van der Waals surface area contributed by atoms with Gasteiger partial charge in [0.05, 0.1) is 17.8 Å². The van der Waals surface area contributed by atoms with Gasteiger partial charge in [0.1, 0.15) is 6.04 Å². The molecule has 0 spiro atoms. The molecule has 19 heavy (non-hydrogen) atoms. The van der Waals surface area contributed by atoms with E-state index in [1.54, 1.807) is 23.0 Å². The first-order valence-corrected chi connectivity index (χ1v) is 9.24. The monoisotopic (exact) mass is 272 g/mol. The molecular weight excluding hydrogens is 256 g/mol. The zero-order valence-electron chi connectivity index (χ0n) is 11.2. The normalized spacial score (nSPS) is 11.9. The Kier molecular flexibility index (Phi) is 4.76. The van der Waals surface area contributed by atoms with E-state index in [2.05, 4.69) is 16.0 Å². The van der Waals surface area contributed by atoms with Crippen molar-refractivity contribution in [1.82, 2.24) is 14.8 Å². The second kappa shape index (κ2) is 6.09. The van der Waals surface area contributed by atoms with Crippen molar-refractivity contribution >= 4 is 13.6 Å². The Hall–Kier alpha value is -2.22. The quantitative estimate of drug-likeness (QED) is 0.795. The number of aromatic nitrogens is 3. The summed E-state index contributed by atoms with van der Waals surface area (Å²) >= 11 is 0. The summed E-state index contributed by atoms with van der Waals surface area (Å²) in [6.45, 7) is 6.06. The van der Waals surface area contributed by atoms with Crippen molar-refractivity contribution in [3.8, 4) is 11.8 Å². The summed E-state index contributed by atoms with van der Waals surface area (Å²) in [6, 6.07) is 4.98. The van der Waals surface area contributed by atoms with E-state index in [-0.39, 0.29) is 0 Å². The molecule has 0 aliphatic rings. The Balaban J connectivity index is 0.000000258. The Morgan fingerprint density at radius 1 is 1.32 bits per heavy atom. The smallest absolute Gasteiger partial charge is 0.164 e. The fraction of sp³-hybridized carbons (Fsp3) is 0.333. The molecule has 1 unspecified atom stereocenters. The molecule has 2 aromatic heterocycles. The summed E-state index contributed by atoms with van der Waals surface area (Å²) in [5.74, 6) is 0. The lowest BCUT2D eigenvalue weighted by Crippen LogP contribution is -2.15. The molecule has 6 nitrogen and oxygen atoms in total. The van der Waals surface area contributed by atoms with Crippen LogP contribution in [0, 0.1) is 22.3 Å². The number of nitrogens with zero attached hydrogens (tertiary/aromatic N) is 5. The second-order valence-corrected chi connectivity index (χ2v) is 9.76. The topological polar surface area (TPSA) is 104 Å². The van der Waals surface area contributed by atoms with Crippen LogP contribution in [-0.4, -0.2) is 22.9 Å². The lowest BCUT2D eigenvalue weighted by molar-refractivity contribution is 0.827. The SMILES string of the molecule is C[Si](C)(C)C#N.N#CC(N)c1ccc2cnnn2c1. The highest BCUT2D eigenvalue weighted by molar-refractivity contribution is 6.83. The van der Waals surface area contributed by atoms with Crippen molar-refractivity contribution in [3.63, 3.8) is 0 Å². The number of rotatable bonds is 1. The first-order valence-electron chi connectivity index (χ1n) is 5.74. The predicted octanol–water partition coefficient (Wildman–Crippen LogP) is 1.64. The van der Waals surface area contributed by atoms with Gasteiger partial charge >= 0.3 is 0 Å². The van der Waals surface area contributed by atoms with Crippen molar-refractivity contribution in [2.24, 2.45) is 5.73 Å². The molecule has 0 saturated carbocycles. The Bertz CT molecular complexity index is 628. The van der Waals surface area contributed by atoms with E-state index in [1.807, 2.05) is 31.8 Å². The van der Waals surface area contributed by atoms with Gasteiger partial charge in [0, 0.05) is 17.5 Å². The number of nitrogens with two attached hydrogens (primary N) is 1. The maximum Gasteiger partial charge on any atom is 0.164 e. The number of pyridine rings is 1. The number of nitriles is 2. The fourth-order valence-corrected chi connectivity index (χ4v) is 1.10. The summed E-state index contributed by atoms with van der Waals surface area (Å²) in [5, 5.41) is 24.3. The molecule has 0 amide bonds. The molecule has 2 aromatic rings. The first-order chi connectivity index (χ1) is 8.87. The predicted molar refractivity (Wildman–Crippen MR) is 74.5 cm³/mol. The average Bonchev–Trinajstić information content (AvgIpc) is 2.84. The van der Waals surface area contributed by atoms with Crippen LogP contribution < -0.4 is 5.73 Å². The van der Waals surface area contributed by atoms with Gasteiger partial charge in [-0.2, -0.15) is 5.26 Å². The van der Waals surface area contributed by atoms with Crippen LogP contribution in [0.25, 0.3) is 5.52 Å². The van der Waals surface area contributed by atoms with Crippen LogP contribution in [0.2, 0.25) is 19.6 Å². The molecule has 0 fully saturated rings. The van der Waals surface area contributed by atoms with Crippen molar-refractivity contribution in [2.45, 2.75) is 25.7 Å². The third-order valence-corrected chi connectivity index (χ3v) is 2.82. The zero-order valence-corrected chi connectivity index (χ0v) is 12.2. The van der Waals surface area contributed by atoms with E-state index in [1.165, 1.54) is 0 Å². The highest BCUT2D eigenvalue weighted by atomic mass is 28.3. The summed E-state index contributed by atoms with van der Waals surface area (Å²) in [7, 11) is -1.33. The van der Waals surface area contributed by atoms with Crippen LogP contribution in [0.5, 0.6) is 0 Å². The molecule has 0 aliphatic carbocycles. The van der Waals surface area contributed by atoms with Crippen molar-refractivity contribution in [2.75, 3.05) is 0 Å². The highest BCUT2D eigenvalue weighted by Gasteiger charge is 2.09. The molecule has 1 atom stereocenters. The van der Waals surface area contributed by atoms with E-state index < -0.39 is 14.1 Å². The molecule has 2 heterocycles. The molecule has 0 aromatic carbocycles. The van der Waals surface area contributed by atoms with E-state index in [0.29, 0.717) is 0 Å². The lowest BCUT2D eigenvalue weighted by Gasteiger charge is -2.01. The minimum atomic E-state index is -1.33. The van der Waals surface area contributed by atoms with E-state index in [9.17, 15) is 0 Å². The Labute approximate surface area is 113 Å². The van der Waals surface area contributed by atoms with Gasteiger partial charge in [-0.1, -0.05) is 30.9 Å². The molecule has 98 valence electrons. The summed E-state index contributed by atoms with van der Waals surface area (Å²) < 4.78 is 1.59. The molecule has 2 rings (SSSR count). The molecule has 7 heteroatoms. The van der Waals surface area contributed by atoms with Gasteiger partial charge in [0.25, 0.3) is 0 Å². The third kappa shape index (κ3) is 4.51. The van der Waals surface area contributed by atoms with Gasteiger partial charge in [0.15, 0.2) is 8.07 Å². The summed E-state index contributed by atoms with van der Waals surface area (Å²) in [4.78, 5) is 0. The van der Waals surface area contributed by atoms with Crippen LogP contribution >= 0.6 is 0 Å². The van der Waals surface area contributed by atoms with Crippen LogP contribution in [0.1, 0.15) is 11.6 Å². The van der Waals surface area contributed by atoms with Gasteiger partial charge in [-0.15, -0.1) is 5.10 Å². The first kappa shape index (κ1) is 14.8. The Morgan fingerprint density at radius 3 is 2.47 bits per heavy atom. The molecule has 2 N–H and O–H groups in total. The second-order valence-electron chi connectivity index (χ2n) is 5.03. The Morgan fingerprint density at radius 2 is 1.95 bits per heavy atom. The van der Waals surface area contributed by atoms with Gasteiger partial charge in [-0.05, 0) is 6.07 Å². The average molecular weight is 272 g/mol. The maximum atomic E-state index is 8.59.